The van der Waals surface area contributed by atoms with Crippen LogP contribution in [0.2, 0.25) is 0 Å². The van der Waals surface area contributed by atoms with Crippen LogP contribution in [0.3, 0.4) is 0 Å². The first-order chi connectivity index (χ1) is 32.4. The van der Waals surface area contributed by atoms with Crippen molar-refractivity contribution in [3.8, 4) is 17.6 Å². The van der Waals surface area contributed by atoms with E-state index < -0.39 is 55.9 Å². The van der Waals surface area contributed by atoms with E-state index >= 15 is 8.78 Å². The number of likely N-dealkylation sites (tertiary alicyclic amines) is 1. The molecule has 1 atom stereocenters. The predicted molar refractivity (Wildman–Crippen MR) is 243 cm³/mol. The second kappa shape index (κ2) is 17.7. The Morgan fingerprint density at radius 1 is 1.04 bits per heavy atom. The zero-order valence-electron chi connectivity index (χ0n) is 37.5. The molecule has 2 aromatic heterocycles. The number of benzene rings is 3. The maximum Gasteiger partial charge on any atom is 0.329 e. The van der Waals surface area contributed by atoms with E-state index in [1.54, 1.807) is 29.6 Å². The number of piperidine rings is 2. The molecule has 9 rings (SSSR count). The number of nitrogens with one attached hydrogen (secondary N) is 2. The number of nitriles is 1. The Morgan fingerprint density at radius 2 is 1.79 bits per heavy atom. The third-order valence-electron chi connectivity index (χ3n) is 13.6. The molecule has 358 valence electrons. The van der Waals surface area contributed by atoms with E-state index in [-0.39, 0.29) is 85.9 Å². The van der Waals surface area contributed by atoms with E-state index in [0.717, 1.165) is 16.4 Å². The minimum atomic E-state index is -4.05. The molecular formula is C45H49F2N11O9S. The van der Waals surface area contributed by atoms with Crippen molar-refractivity contribution in [2.45, 2.75) is 69.1 Å². The number of imide groups is 1. The smallest absolute Gasteiger partial charge is 0.329 e. The summed E-state index contributed by atoms with van der Waals surface area (Å²) in [7, 11) is -1.02. The summed E-state index contributed by atoms with van der Waals surface area (Å²) in [5.41, 5.74) is -1.64. The number of rotatable bonds is 11. The van der Waals surface area contributed by atoms with Crippen LogP contribution in [-0.2, 0) is 31.6 Å². The van der Waals surface area contributed by atoms with Crippen LogP contribution in [-0.4, -0.2) is 124 Å². The average molecular weight is 958 g/mol. The number of urea groups is 1. The summed E-state index contributed by atoms with van der Waals surface area (Å²) in [4.78, 5) is 61.2. The van der Waals surface area contributed by atoms with Crippen molar-refractivity contribution in [2.24, 2.45) is 7.05 Å². The number of anilines is 3. The molecule has 4 fully saturated rings. The van der Waals surface area contributed by atoms with Crippen LogP contribution in [0.1, 0.15) is 63.5 Å². The topological polar surface area (TPSA) is 238 Å². The molecule has 4 aliphatic rings. The van der Waals surface area contributed by atoms with Crippen LogP contribution < -0.4 is 30.1 Å². The van der Waals surface area contributed by atoms with Crippen molar-refractivity contribution >= 4 is 67.1 Å². The molecule has 0 bridgehead atoms. The van der Waals surface area contributed by atoms with Gasteiger partial charge in [0.25, 0.3) is 5.56 Å². The fourth-order valence-electron chi connectivity index (χ4n) is 9.50. The van der Waals surface area contributed by atoms with Gasteiger partial charge < -0.3 is 24.4 Å². The monoisotopic (exact) mass is 957 g/mol. The molecule has 20 nitrogen and oxygen atoms in total. The summed E-state index contributed by atoms with van der Waals surface area (Å²) in [5.74, 6) is -2.30. The van der Waals surface area contributed by atoms with Gasteiger partial charge in [-0.05, 0) is 74.6 Å². The number of amides is 4. The molecule has 4 amide bonds. The quantitative estimate of drug-likeness (QED) is 0.170. The van der Waals surface area contributed by atoms with Crippen LogP contribution in [0.4, 0.5) is 30.8 Å². The molecule has 0 unspecified atom stereocenters. The van der Waals surface area contributed by atoms with Gasteiger partial charge in [-0.3, -0.25) is 38.6 Å². The van der Waals surface area contributed by atoms with Gasteiger partial charge in [0.15, 0.2) is 17.4 Å². The molecule has 3 aromatic carbocycles. The molecule has 0 saturated carbocycles. The molecule has 0 aliphatic carbocycles. The van der Waals surface area contributed by atoms with Gasteiger partial charge in [-0.25, -0.2) is 18.6 Å². The number of aliphatic hydroxyl groups is 1. The summed E-state index contributed by atoms with van der Waals surface area (Å²) in [6.07, 6.45) is 3.39. The fourth-order valence-corrected chi connectivity index (χ4v) is 10.4. The summed E-state index contributed by atoms with van der Waals surface area (Å²) in [6, 6.07) is 10.3. The lowest BCUT2D eigenvalue weighted by Gasteiger charge is -2.42. The Kier molecular flexibility index (Phi) is 12.1. The maximum atomic E-state index is 15.7. The third-order valence-corrected chi connectivity index (χ3v) is 15.2. The maximum absolute atomic E-state index is 15.7. The van der Waals surface area contributed by atoms with Gasteiger partial charge in [-0.15, -0.1) is 0 Å². The van der Waals surface area contributed by atoms with Crippen molar-refractivity contribution in [1.82, 2.24) is 33.9 Å². The van der Waals surface area contributed by atoms with Gasteiger partial charge in [0.1, 0.15) is 23.2 Å². The number of carbonyl (C=O) groups excluding carboxylic acids is 3. The zero-order chi connectivity index (χ0) is 48.3. The normalized spacial score (nSPS) is 19.5. The van der Waals surface area contributed by atoms with Gasteiger partial charge in [0.05, 0.1) is 64.4 Å². The van der Waals surface area contributed by atoms with Crippen molar-refractivity contribution < 1.29 is 46.2 Å². The second-order valence-corrected chi connectivity index (χ2v) is 19.6. The average Bonchev–Trinajstić information content (AvgIpc) is 3.86. The number of nitrogens with zero attached hydrogens (tertiary/aromatic N) is 9. The summed E-state index contributed by atoms with van der Waals surface area (Å²) < 4.78 is 74.8. The zero-order valence-corrected chi connectivity index (χ0v) is 38.3. The van der Waals surface area contributed by atoms with Crippen LogP contribution in [0.25, 0.3) is 21.8 Å². The number of hydrogen-bond donors (Lipinski definition) is 3. The molecule has 6 heterocycles. The van der Waals surface area contributed by atoms with Gasteiger partial charge in [0.2, 0.25) is 11.8 Å². The predicted octanol–water partition coefficient (Wildman–Crippen LogP) is 4.02. The van der Waals surface area contributed by atoms with E-state index in [4.69, 9.17) is 9.47 Å². The number of halogens is 2. The van der Waals surface area contributed by atoms with Crippen LogP contribution >= 0.6 is 0 Å². The fraction of sp³-hybridized carbons (Fsp3) is 0.444. The molecular weight excluding hydrogens is 909 g/mol. The minimum absolute atomic E-state index is 0.0141. The standard InChI is InChI=1S/C45H49F2N11O9S/c1-4-53(2)68(64,65)52-35-8-6-32(46)40(31(35)24-48)67-28-5-7-34-29(19-28)42(61)58(26-49-34)27-22-45(66-25-27)12-17-56(18-13-45)39(60)23-44(63)10-15-55(16-11-44)37-21-36-30(20-33(37)47)41(51-54(36)3)57-14-9-38(59)50-43(57)62/h5-8,19-21,26-27,52,63H,4,9-18,22-23,25H2,1-3H3,(H,50,59,62)/t27-/m0/s1. The lowest BCUT2D eigenvalue weighted by atomic mass is 9.85. The third kappa shape index (κ3) is 8.68. The van der Waals surface area contributed by atoms with Crippen molar-refractivity contribution in [3.05, 3.63) is 76.3 Å². The SMILES string of the molecule is CCN(C)S(=O)(=O)Nc1ccc(F)c(Oc2ccc3ncn([C@@H]4COC5(CCN(C(=O)CC6(O)CCN(c7cc8c(cc7F)c(N7CCC(=O)NC7=O)nn8C)CC6)CC5)C4)c(=O)c3c2)c1C#N. The molecule has 4 saturated heterocycles. The number of aromatic nitrogens is 4. The minimum Gasteiger partial charge on any atom is -0.453 e. The Bertz CT molecular complexity index is 3090. The van der Waals surface area contributed by atoms with Crippen LogP contribution in [0.15, 0.2) is 53.6 Å². The molecule has 68 heavy (non-hydrogen) atoms. The van der Waals surface area contributed by atoms with Crippen LogP contribution in [0.5, 0.6) is 11.5 Å². The Labute approximate surface area is 388 Å². The lowest BCUT2D eigenvalue weighted by Crippen LogP contribution is -2.51. The number of aryl methyl sites for hydroxylation is 1. The van der Waals surface area contributed by atoms with Gasteiger partial charge in [0, 0.05) is 65.2 Å². The highest BCUT2D eigenvalue weighted by molar-refractivity contribution is 7.90. The largest absolute Gasteiger partial charge is 0.453 e. The molecule has 1 spiro atoms. The first-order valence-electron chi connectivity index (χ1n) is 22.2. The van der Waals surface area contributed by atoms with Crippen molar-refractivity contribution in [2.75, 3.05) is 67.4 Å². The summed E-state index contributed by atoms with van der Waals surface area (Å²) in [6.45, 7) is 3.46. The van der Waals surface area contributed by atoms with E-state index in [1.165, 1.54) is 47.1 Å². The summed E-state index contributed by atoms with van der Waals surface area (Å²) >= 11 is 0. The van der Waals surface area contributed by atoms with Gasteiger partial charge >= 0.3 is 16.2 Å². The molecule has 5 aromatic rings. The highest BCUT2D eigenvalue weighted by Gasteiger charge is 2.45. The molecule has 4 aliphatic heterocycles. The highest BCUT2D eigenvalue weighted by atomic mass is 32.2. The van der Waals surface area contributed by atoms with Crippen LogP contribution in [0, 0.1) is 23.0 Å². The number of fused-ring (bicyclic) bond motifs is 2. The highest BCUT2D eigenvalue weighted by Crippen LogP contribution is 2.42. The Morgan fingerprint density at radius 3 is 2.50 bits per heavy atom. The van der Waals surface area contributed by atoms with E-state index in [9.17, 15) is 38.0 Å². The Hall–Kier alpha value is -6.74. The number of carbonyl (C=O) groups is 3. The summed E-state index contributed by atoms with van der Waals surface area (Å²) in [5, 5.41) is 28.8. The van der Waals surface area contributed by atoms with E-state index in [1.807, 2.05) is 11.0 Å². The van der Waals surface area contributed by atoms with Gasteiger partial charge in [-0.1, -0.05) is 6.92 Å². The number of hydrogen-bond acceptors (Lipinski definition) is 13. The lowest BCUT2D eigenvalue weighted by molar-refractivity contribution is -0.142. The molecule has 0 radical (unpaired) electrons. The number of ether oxygens (including phenoxy) is 2. The van der Waals surface area contributed by atoms with E-state index in [0.29, 0.717) is 67.5 Å². The van der Waals surface area contributed by atoms with Gasteiger partial charge in [-0.2, -0.15) is 23.1 Å². The first-order valence-corrected chi connectivity index (χ1v) is 23.7. The molecule has 23 heteroatoms. The second-order valence-electron chi connectivity index (χ2n) is 17.8. The van der Waals surface area contributed by atoms with Crippen molar-refractivity contribution in [3.63, 3.8) is 0 Å². The van der Waals surface area contributed by atoms with Crippen molar-refractivity contribution in [1.29, 1.82) is 5.26 Å². The Balaban J connectivity index is 0.813. The van der Waals surface area contributed by atoms with E-state index in [2.05, 4.69) is 20.1 Å². The molecule has 3 N–H and O–H groups in total. The first kappa shape index (κ1) is 46.4.